The SMILES string of the molecule is CC(C)C(C)(C)c1ccccc1.CCC. The molecular weight excluding hydrogens is 180 g/mol. The zero-order chi connectivity index (χ0) is 11.9. The predicted molar refractivity (Wildman–Crippen MR) is 70.3 cm³/mol. The molecule has 0 N–H and O–H groups in total. The standard InChI is InChI=1S/C12H18.C3H8/c1-10(2)12(3,4)11-8-6-5-7-9-11;1-3-2/h5-10H,1-4H3;3H2,1-2H3. The van der Waals surface area contributed by atoms with Crippen molar-refractivity contribution < 1.29 is 0 Å². The second-order valence-electron chi connectivity index (χ2n) is 4.95. The Morgan fingerprint density at radius 2 is 1.40 bits per heavy atom. The highest BCUT2D eigenvalue weighted by Gasteiger charge is 2.23. The van der Waals surface area contributed by atoms with Crippen molar-refractivity contribution in [3.8, 4) is 0 Å². The molecule has 0 spiro atoms. The van der Waals surface area contributed by atoms with Crippen LogP contribution in [0, 0.1) is 5.92 Å². The van der Waals surface area contributed by atoms with Gasteiger partial charge in [0.2, 0.25) is 0 Å². The van der Waals surface area contributed by atoms with Crippen LogP contribution < -0.4 is 0 Å². The van der Waals surface area contributed by atoms with Crippen molar-refractivity contribution in [3.63, 3.8) is 0 Å². The maximum absolute atomic E-state index is 2.30. The predicted octanol–water partition coefficient (Wildman–Crippen LogP) is 5.04. The van der Waals surface area contributed by atoms with Crippen molar-refractivity contribution in [2.45, 2.75) is 53.4 Å². The molecule has 0 saturated heterocycles. The van der Waals surface area contributed by atoms with Crippen molar-refractivity contribution in [2.75, 3.05) is 0 Å². The van der Waals surface area contributed by atoms with E-state index in [1.807, 2.05) is 0 Å². The highest BCUT2D eigenvalue weighted by molar-refractivity contribution is 5.23. The van der Waals surface area contributed by atoms with Gasteiger partial charge in [-0.15, -0.1) is 0 Å². The smallest absolute Gasteiger partial charge is 0.00806 e. The highest BCUT2D eigenvalue weighted by atomic mass is 14.3. The van der Waals surface area contributed by atoms with Crippen LogP contribution in [0.15, 0.2) is 30.3 Å². The lowest BCUT2D eigenvalue weighted by molar-refractivity contribution is 0.372. The first kappa shape index (κ1) is 14.2. The van der Waals surface area contributed by atoms with Gasteiger partial charge in [0.15, 0.2) is 0 Å². The Bertz CT molecular complexity index is 244. The maximum Gasteiger partial charge on any atom is -0.00806 e. The summed E-state index contributed by atoms with van der Waals surface area (Å²) in [6, 6.07) is 10.7. The van der Waals surface area contributed by atoms with E-state index in [9.17, 15) is 0 Å². The van der Waals surface area contributed by atoms with E-state index in [2.05, 4.69) is 71.9 Å². The zero-order valence-electron chi connectivity index (χ0n) is 11.2. The van der Waals surface area contributed by atoms with Crippen molar-refractivity contribution in [3.05, 3.63) is 35.9 Å². The molecule has 0 aliphatic rings. The first-order valence-electron chi connectivity index (χ1n) is 6.02. The van der Waals surface area contributed by atoms with Crippen LogP contribution in [-0.4, -0.2) is 0 Å². The summed E-state index contributed by atoms with van der Waals surface area (Å²) in [6.07, 6.45) is 1.25. The van der Waals surface area contributed by atoms with Gasteiger partial charge in [0, 0.05) is 0 Å². The molecule has 0 nitrogen and oxygen atoms in total. The molecule has 0 aliphatic carbocycles. The fourth-order valence-corrected chi connectivity index (χ4v) is 1.20. The third-order valence-electron chi connectivity index (χ3n) is 2.96. The van der Waals surface area contributed by atoms with Crippen LogP contribution in [0.1, 0.15) is 53.5 Å². The Morgan fingerprint density at radius 1 is 1.00 bits per heavy atom. The average Bonchev–Trinajstić information content (AvgIpc) is 2.20. The van der Waals surface area contributed by atoms with Gasteiger partial charge in [-0.2, -0.15) is 0 Å². The average molecular weight is 206 g/mol. The molecule has 0 unspecified atom stereocenters. The van der Waals surface area contributed by atoms with Crippen LogP contribution in [0.3, 0.4) is 0 Å². The summed E-state index contributed by atoms with van der Waals surface area (Å²) in [4.78, 5) is 0. The molecular formula is C15H26. The second-order valence-corrected chi connectivity index (χ2v) is 4.95. The normalized spacial score (nSPS) is 10.9. The Labute approximate surface area is 95.7 Å². The molecule has 0 amide bonds. The Hall–Kier alpha value is -0.780. The first-order chi connectivity index (χ1) is 6.96. The molecule has 15 heavy (non-hydrogen) atoms. The highest BCUT2D eigenvalue weighted by Crippen LogP contribution is 2.30. The van der Waals surface area contributed by atoms with Crippen LogP contribution in [-0.2, 0) is 5.41 Å². The zero-order valence-corrected chi connectivity index (χ0v) is 11.2. The number of hydrogen-bond acceptors (Lipinski definition) is 0. The van der Waals surface area contributed by atoms with Gasteiger partial charge in [-0.25, -0.2) is 0 Å². The summed E-state index contributed by atoms with van der Waals surface area (Å²) >= 11 is 0. The van der Waals surface area contributed by atoms with Gasteiger partial charge in [0.1, 0.15) is 0 Å². The molecule has 0 aliphatic heterocycles. The summed E-state index contributed by atoms with van der Waals surface area (Å²) in [5, 5.41) is 0. The molecule has 0 bridgehead atoms. The van der Waals surface area contributed by atoms with Gasteiger partial charge < -0.3 is 0 Å². The first-order valence-corrected chi connectivity index (χ1v) is 6.02. The van der Waals surface area contributed by atoms with Crippen molar-refractivity contribution in [1.82, 2.24) is 0 Å². The molecule has 0 saturated carbocycles. The fraction of sp³-hybridized carbons (Fsp3) is 0.600. The summed E-state index contributed by atoms with van der Waals surface area (Å²) in [6.45, 7) is 13.4. The summed E-state index contributed by atoms with van der Waals surface area (Å²) in [5.41, 5.74) is 1.72. The van der Waals surface area contributed by atoms with Gasteiger partial charge >= 0.3 is 0 Å². The molecule has 0 heterocycles. The minimum atomic E-state index is 0.293. The molecule has 1 aromatic carbocycles. The summed E-state index contributed by atoms with van der Waals surface area (Å²) in [5.74, 6) is 0.680. The van der Waals surface area contributed by atoms with E-state index in [1.165, 1.54) is 12.0 Å². The van der Waals surface area contributed by atoms with Crippen LogP contribution >= 0.6 is 0 Å². The molecule has 0 fully saturated rings. The number of benzene rings is 1. The molecule has 1 rings (SSSR count). The number of rotatable bonds is 2. The Balaban J connectivity index is 0.000000583. The van der Waals surface area contributed by atoms with Gasteiger partial charge in [-0.05, 0) is 16.9 Å². The van der Waals surface area contributed by atoms with Crippen molar-refractivity contribution in [1.29, 1.82) is 0 Å². The minimum Gasteiger partial charge on any atom is -0.0656 e. The summed E-state index contributed by atoms with van der Waals surface area (Å²) in [7, 11) is 0. The quantitative estimate of drug-likeness (QED) is 0.636. The molecule has 1 aromatic rings. The maximum atomic E-state index is 2.30. The van der Waals surface area contributed by atoms with E-state index in [0.717, 1.165) is 0 Å². The van der Waals surface area contributed by atoms with Crippen LogP contribution in [0.5, 0.6) is 0 Å². The van der Waals surface area contributed by atoms with Gasteiger partial charge in [-0.3, -0.25) is 0 Å². The van der Waals surface area contributed by atoms with Crippen LogP contribution in [0.25, 0.3) is 0 Å². The largest absolute Gasteiger partial charge is 0.0656 e. The monoisotopic (exact) mass is 206 g/mol. The van der Waals surface area contributed by atoms with E-state index in [4.69, 9.17) is 0 Å². The molecule has 0 aromatic heterocycles. The number of hydrogen-bond donors (Lipinski definition) is 0. The second kappa shape index (κ2) is 6.66. The van der Waals surface area contributed by atoms with Gasteiger partial charge in [-0.1, -0.05) is 78.3 Å². The van der Waals surface area contributed by atoms with Gasteiger partial charge in [0.05, 0.1) is 0 Å². The third-order valence-corrected chi connectivity index (χ3v) is 2.96. The molecule has 0 atom stereocenters. The van der Waals surface area contributed by atoms with E-state index in [1.54, 1.807) is 0 Å². The van der Waals surface area contributed by atoms with Gasteiger partial charge in [0.25, 0.3) is 0 Å². The Morgan fingerprint density at radius 3 is 1.73 bits per heavy atom. The Kier molecular flexibility index (Phi) is 6.31. The molecule has 0 heteroatoms. The van der Waals surface area contributed by atoms with E-state index >= 15 is 0 Å². The fourth-order valence-electron chi connectivity index (χ4n) is 1.20. The van der Waals surface area contributed by atoms with Crippen molar-refractivity contribution >= 4 is 0 Å². The lowest BCUT2D eigenvalue weighted by Gasteiger charge is -2.29. The lowest BCUT2D eigenvalue weighted by Crippen LogP contribution is -2.23. The van der Waals surface area contributed by atoms with Crippen LogP contribution in [0.4, 0.5) is 0 Å². The summed E-state index contributed by atoms with van der Waals surface area (Å²) < 4.78 is 0. The minimum absolute atomic E-state index is 0.293. The van der Waals surface area contributed by atoms with E-state index < -0.39 is 0 Å². The van der Waals surface area contributed by atoms with Crippen LogP contribution in [0.2, 0.25) is 0 Å². The molecule has 86 valence electrons. The van der Waals surface area contributed by atoms with E-state index in [0.29, 0.717) is 11.3 Å². The third kappa shape index (κ3) is 4.51. The topological polar surface area (TPSA) is 0 Å². The lowest BCUT2D eigenvalue weighted by atomic mass is 9.75. The van der Waals surface area contributed by atoms with E-state index in [-0.39, 0.29) is 0 Å². The van der Waals surface area contributed by atoms with Crippen molar-refractivity contribution in [2.24, 2.45) is 5.92 Å². The molecule has 0 radical (unpaired) electrons.